The normalized spacial score (nSPS) is 32.7. The maximum Gasteiger partial charge on any atom is 0.303 e. The molecule has 1 aliphatic rings. The van der Waals surface area contributed by atoms with Crippen molar-refractivity contribution in [1.29, 1.82) is 0 Å². The van der Waals surface area contributed by atoms with Crippen LogP contribution < -0.4 is 0 Å². The zero-order chi connectivity index (χ0) is 10.1. The van der Waals surface area contributed by atoms with Crippen molar-refractivity contribution in [2.24, 2.45) is 5.92 Å². The molecule has 0 unspecified atom stereocenters. The van der Waals surface area contributed by atoms with Gasteiger partial charge in [-0.2, -0.15) is 0 Å². The van der Waals surface area contributed by atoms with Gasteiger partial charge in [-0.05, 0) is 6.42 Å². The van der Waals surface area contributed by atoms with Crippen LogP contribution in [-0.4, -0.2) is 42.2 Å². The zero-order valence-corrected chi connectivity index (χ0v) is 7.83. The van der Waals surface area contributed by atoms with E-state index >= 15 is 0 Å². The van der Waals surface area contributed by atoms with Crippen LogP contribution in [0.2, 0.25) is 0 Å². The highest BCUT2D eigenvalue weighted by atomic mass is 32.2. The fraction of sp³-hybridized carbons (Fsp3) is 0.857. The van der Waals surface area contributed by atoms with Crippen LogP contribution in [-0.2, 0) is 14.6 Å². The van der Waals surface area contributed by atoms with Gasteiger partial charge < -0.3 is 10.2 Å². The summed E-state index contributed by atoms with van der Waals surface area (Å²) in [5.41, 5.74) is 0. The van der Waals surface area contributed by atoms with Crippen molar-refractivity contribution in [2.75, 3.05) is 11.5 Å². The van der Waals surface area contributed by atoms with E-state index in [0.717, 1.165) is 0 Å². The topological polar surface area (TPSA) is 91.7 Å². The van der Waals surface area contributed by atoms with Crippen molar-refractivity contribution in [2.45, 2.75) is 18.9 Å². The fourth-order valence-electron chi connectivity index (χ4n) is 1.48. The van der Waals surface area contributed by atoms with Gasteiger partial charge in [-0.25, -0.2) is 8.42 Å². The number of aliphatic carboxylic acids is 1. The Kier molecular flexibility index (Phi) is 2.92. The van der Waals surface area contributed by atoms with Crippen molar-refractivity contribution in [3.05, 3.63) is 0 Å². The molecule has 0 aromatic rings. The molecule has 2 atom stereocenters. The number of carboxylic acids is 1. The number of aliphatic hydroxyl groups is 1. The third-order valence-electron chi connectivity index (χ3n) is 2.17. The molecule has 76 valence electrons. The second kappa shape index (κ2) is 3.63. The van der Waals surface area contributed by atoms with E-state index in [0.29, 0.717) is 0 Å². The van der Waals surface area contributed by atoms with Crippen LogP contribution in [0.3, 0.4) is 0 Å². The van der Waals surface area contributed by atoms with E-state index in [1.165, 1.54) is 0 Å². The van der Waals surface area contributed by atoms with Crippen LogP contribution in [0.15, 0.2) is 0 Å². The molecule has 0 saturated carbocycles. The molecule has 13 heavy (non-hydrogen) atoms. The molecule has 2 N–H and O–H groups in total. The first-order valence-corrected chi connectivity index (χ1v) is 5.83. The SMILES string of the molecule is O=C(O)C[C@H]1CS(=O)(=O)CC[C@H]1O. The molecule has 0 bridgehead atoms. The van der Waals surface area contributed by atoms with Gasteiger partial charge in [0, 0.05) is 5.92 Å². The van der Waals surface area contributed by atoms with Crippen molar-refractivity contribution in [3.63, 3.8) is 0 Å². The molecule has 1 rings (SSSR count). The van der Waals surface area contributed by atoms with Gasteiger partial charge in [-0.3, -0.25) is 4.79 Å². The summed E-state index contributed by atoms with van der Waals surface area (Å²) in [5, 5.41) is 17.8. The largest absolute Gasteiger partial charge is 0.481 e. The lowest BCUT2D eigenvalue weighted by Gasteiger charge is -2.25. The maximum atomic E-state index is 11.1. The Morgan fingerprint density at radius 1 is 1.46 bits per heavy atom. The molecule has 0 aromatic carbocycles. The summed E-state index contributed by atoms with van der Waals surface area (Å²) in [6.07, 6.45) is -0.916. The van der Waals surface area contributed by atoms with Crippen LogP contribution in [0, 0.1) is 5.92 Å². The van der Waals surface area contributed by atoms with Crippen molar-refractivity contribution >= 4 is 15.8 Å². The Hall–Kier alpha value is -0.620. The zero-order valence-electron chi connectivity index (χ0n) is 7.01. The molecule has 1 aliphatic heterocycles. The van der Waals surface area contributed by atoms with E-state index in [1.54, 1.807) is 0 Å². The molecular formula is C7H12O5S. The highest BCUT2D eigenvalue weighted by Crippen LogP contribution is 2.21. The Labute approximate surface area is 76.3 Å². The summed E-state index contributed by atoms with van der Waals surface area (Å²) in [4.78, 5) is 10.3. The summed E-state index contributed by atoms with van der Waals surface area (Å²) in [6, 6.07) is 0. The third-order valence-corrected chi connectivity index (χ3v) is 3.97. The Bertz CT molecular complexity index is 294. The third kappa shape index (κ3) is 2.96. The molecule has 0 radical (unpaired) electrons. The van der Waals surface area contributed by atoms with Crippen LogP contribution in [0.1, 0.15) is 12.8 Å². The number of aliphatic hydroxyl groups excluding tert-OH is 1. The summed E-state index contributed by atoms with van der Waals surface area (Å²) in [7, 11) is -3.13. The predicted molar refractivity (Wildman–Crippen MR) is 45.0 cm³/mol. The minimum atomic E-state index is -3.13. The monoisotopic (exact) mass is 208 g/mol. The van der Waals surface area contributed by atoms with Crippen molar-refractivity contribution in [3.8, 4) is 0 Å². The lowest BCUT2D eigenvalue weighted by atomic mass is 9.98. The molecule has 6 heteroatoms. The van der Waals surface area contributed by atoms with Gasteiger partial charge in [0.25, 0.3) is 0 Å². The predicted octanol–water partition coefficient (Wildman–Crippen LogP) is -0.743. The first-order valence-electron chi connectivity index (χ1n) is 4.01. The summed E-state index contributed by atoms with van der Waals surface area (Å²) < 4.78 is 22.2. The highest BCUT2D eigenvalue weighted by molar-refractivity contribution is 7.91. The number of rotatable bonds is 2. The molecular weight excluding hydrogens is 196 g/mol. The molecule has 0 amide bonds. The molecule has 5 nitrogen and oxygen atoms in total. The van der Waals surface area contributed by atoms with E-state index in [2.05, 4.69) is 0 Å². The number of carbonyl (C=O) groups is 1. The van der Waals surface area contributed by atoms with E-state index in [4.69, 9.17) is 5.11 Å². The van der Waals surface area contributed by atoms with Gasteiger partial charge >= 0.3 is 5.97 Å². The number of hydrogen-bond acceptors (Lipinski definition) is 4. The quantitative estimate of drug-likeness (QED) is 0.623. The molecule has 1 saturated heterocycles. The summed E-state index contributed by atoms with van der Waals surface area (Å²) >= 11 is 0. The Morgan fingerprint density at radius 2 is 2.08 bits per heavy atom. The first-order chi connectivity index (χ1) is 5.91. The minimum absolute atomic E-state index is 0.0374. The summed E-state index contributed by atoms with van der Waals surface area (Å²) in [6.45, 7) is 0. The fourth-order valence-corrected chi connectivity index (χ4v) is 3.24. The summed E-state index contributed by atoms with van der Waals surface area (Å²) in [5.74, 6) is -1.96. The van der Waals surface area contributed by atoms with Gasteiger partial charge in [-0.1, -0.05) is 0 Å². The Morgan fingerprint density at radius 3 is 2.62 bits per heavy atom. The van der Waals surface area contributed by atoms with E-state index in [-0.39, 0.29) is 24.3 Å². The smallest absolute Gasteiger partial charge is 0.303 e. The second-order valence-electron chi connectivity index (χ2n) is 3.33. The second-order valence-corrected chi connectivity index (χ2v) is 5.56. The van der Waals surface area contributed by atoms with Crippen LogP contribution in [0.5, 0.6) is 0 Å². The number of carboxylic acid groups (broad SMARTS) is 1. The van der Waals surface area contributed by atoms with E-state index < -0.39 is 27.8 Å². The first kappa shape index (κ1) is 10.5. The Balaban J connectivity index is 2.66. The average Bonchev–Trinajstić information content (AvgIpc) is 1.95. The molecule has 0 spiro atoms. The lowest BCUT2D eigenvalue weighted by molar-refractivity contribution is -0.138. The van der Waals surface area contributed by atoms with Crippen LogP contribution in [0.25, 0.3) is 0 Å². The average molecular weight is 208 g/mol. The minimum Gasteiger partial charge on any atom is -0.481 e. The van der Waals surface area contributed by atoms with Crippen LogP contribution in [0.4, 0.5) is 0 Å². The molecule has 1 fully saturated rings. The molecule has 0 aromatic heterocycles. The van der Waals surface area contributed by atoms with Gasteiger partial charge in [0.1, 0.15) is 0 Å². The highest BCUT2D eigenvalue weighted by Gasteiger charge is 2.33. The van der Waals surface area contributed by atoms with Crippen molar-refractivity contribution < 1.29 is 23.4 Å². The van der Waals surface area contributed by atoms with Gasteiger partial charge in [0.15, 0.2) is 9.84 Å². The van der Waals surface area contributed by atoms with Gasteiger partial charge in [0.2, 0.25) is 0 Å². The van der Waals surface area contributed by atoms with E-state index in [1.807, 2.05) is 0 Å². The molecule has 0 aliphatic carbocycles. The van der Waals surface area contributed by atoms with E-state index in [9.17, 15) is 18.3 Å². The number of hydrogen-bond donors (Lipinski definition) is 2. The maximum absolute atomic E-state index is 11.1. The number of sulfone groups is 1. The van der Waals surface area contributed by atoms with Crippen molar-refractivity contribution in [1.82, 2.24) is 0 Å². The van der Waals surface area contributed by atoms with Gasteiger partial charge in [0.05, 0.1) is 24.0 Å². The molecule has 1 heterocycles. The van der Waals surface area contributed by atoms with Gasteiger partial charge in [-0.15, -0.1) is 0 Å². The lowest BCUT2D eigenvalue weighted by Crippen LogP contribution is -2.37. The standard InChI is InChI=1S/C7H12O5S/c8-6-1-2-13(11,12)4-5(6)3-7(9)10/h5-6,8H,1-4H2,(H,9,10)/t5-,6+/m0/s1. The van der Waals surface area contributed by atoms with Crippen LogP contribution >= 0.6 is 0 Å².